The molecule has 0 amide bonds. The standard InChI is InChI=1S/C4H6O3/c5-4-2-1-3-6-7-4/h2,5H,1,3H2. The molecular weight excluding hydrogens is 96.0 g/mol. The highest BCUT2D eigenvalue weighted by Crippen LogP contribution is 2.01. The van der Waals surface area contributed by atoms with Crippen LogP contribution in [-0.2, 0) is 9.78 Å². The van der Waals surface area contributed by atoms with Gasteiger partial charge in [0.2, 0.25) is 0 Å². The Labute approximate surface area is 41.1 Å². The average molecular weight is 102 g/mol. The van der Waals surface area contributed by atoms with Gasteiger partial charge >= 0.3 is 5.95 Å². The van der Waals surface area contributed by atoms with Crippen LogP contribution >= 0.6 is 0 Å². The third kappa shape index (κ3) is 1.08. The molecule has 1 rings (SSSR count). The van der Waals surface area contributed by atoms with Gasteiger partial charge < -0.3 is 5.11 Å². The fourth-order valence-electron chi connectivity index (χ4n) is 0.367. The fourth-order valence-corrected chi connectivity index (χ4v) is 0.367. The van der Waals surface area contributed by atoms with E-state index < -0.39 is 0 Å². The van der Waals surface area contributed by atoms with E-state index in [4.69, 9.17) is 5.11 Å². The van der Waals surface area contributed by atoms with Crippen LogP contribution in [0.1, 0.15) is 6.42 Å². The highest BCUT2D eigenvalue weighted by molar-refractivity contribution is 4.81. The summed E-state index contributed by atoms with van der Waals surface area (Å²) in [6.07, 6.45) is 2.29. The van der Waals surface area contributed by atoms with Crippen LogP contribution in [-0.4, -0.2) is 11.7 Å². The first-order valence-electron chi connectivity index (χ1n) is 2.08. The van der Waals surface area contributed by atoms with Gasteiger partial charge in [0.1, 0.15) is 0 Å². The molecule has 40 valence electrons. The van der Waals surface area contributed by atoms with Crippen LogP contribution in [0.5, 0.6) is 0 Å². The summed E-state index contributed by atoms with van der Waals surface area (Å²) in [5, 5.41) is 8.42. The molecule has 0 aromatic carbocycles. The Morgan fingerprint density at radius 1 is 1.71 bits per heavy atom. The van der Waals surface area contributed by atoms with Crippen molar-refractivity contribution in [2.75, 3.05) is 6.61 Å². The lowest BCUT2D eigenvalue weighted by Gasteiger charge is -2.05. The van der Waals surface area contributed by atoms with Gasteiger partial charge in [-0.2, -0.15) is 4.89 Å². The van der Waals surface area contributed by atoms with Gasteiger partial charge in [0.15, 0.2) is 0 Å². The largest absolute Gasteiger partial charge is 0.479 e. The maximum atomic E-state index is 8.42. The van der Waals surface area contributed by atoms with Crippen molar-refractivity contribution >= 4 is 0 Å². The van der Waals surface area contributed by atoms with Gasteiger partial charge in [-0.1, -0.05) is 0 Å². The summed E-state index contributed by atoms with van der Waals surface area (Å²) in [6.45, 7) is 0.532. The van der Waals surface area contributed by atoms with Gasteiger partial charge in [0, 0.05) is 12.5 Å². The van der Waals surface area contributed by atoms with Crippen molar-refractivity contribution in [2.45, 2.75) is 6.42 Å². The van der Waals surface area contributed by atoms with Crippen LogP contribution < -0.4 is 0 Å². The van der Waals surface area contributed by atoms with E-state index in [9.17, 15) is 0 Å². The van der Waals surface area contributed by atoms with E-state index in [1.165, 1.54) is 0 Å². The molecule has 1 heterocycles. The lowest BCUT2D eigenvalue weighted by atomic mass is 10.4. The van der Waals surface area contributed by atoms with Crippen LogP contribution in [0.15, 0.2) is 12.0 Å². The Kier molecular flexibility index (Phi) is 1.17. The van der Waals surface area contributed by atoms with Gasteiger partial charge in [-0.15, -0.1) is 0 Å². The molecule has 3 heteroatoms. The molecule has 0 saturated heterocycles. The maximum absolute atomic E-state index is 8.42. The molecule has 0 unspecified atom stereocenters. The van der Waals surface area contributed by atoms with Gasteiger partial charge in [0.25, 0.3) is 0 Å². The second-order valence-electron chi connectivity index (χ2n) is 1.24. The molecule has 1 aliphatic rings. The van der Waals surface area contributed by atoms with E-state index in [0.717, 1.165) is 6.42 Å². The monoisotopic (exact) mass is 102 g/mol. The Hall–Kier alpha value is -0.700. The number of aliphatic hydroxyl groups excluding tert-OH is 1. The summed E-state index contributed by atoms with van der Waals surface area (Å²) in [7, 11) is 0. The summed E-state index contributed by atoms with van der Waals surface area (Å²) in [4.78, 5) is 8.56. The molecule has 3 nitrogen and oxygen atoms in total. The van der Waals surface area contributed by atoms with Crippen molar-refractivity contribution in [3.8, 4) is 0 Å². The highest BCUT2D eigenvalue weighted by atomic mass is 17.2. The van der Waals surface area contributed by atoms with Crippen molar-refractivity contribution in [1.29, 1.82) is 0 Å². The third-order valence-electron chi connectivity index (χ3n) is 0.664. The van der Waals surface area contributed by atoms with E-state index in [1.54, 1.807) is 6.08 Å². The van der Waals surface area contributed by atoms with E-state index >= 15 is 0 Å². The van der Waals surface area contributed by atoms with Gasteiger partial charge in [-0.3, -0.25) is 4.89 Å². The zero-order valence-corrected chi connectivity index (χ0v) is 3.76. The summed E-state index contributed by atoms with van der Waals surface area (Å²) < 4.78 is 0. The van der Waals surface area contributed by atoms with Crippen molar-refractivity contribution in [3.05, 3.63) is 12.0 Å². The first kappa shape index (κ1) is 4.46. The Morgan fingerprint density at radius 2 is 2.57 bits per heavy atom. The molecule has 0 aliphatic carbocycles. The van der Waals surface area contributed by atoms with Crippen molar-refractivity contribution in [1.82, 2.24) is 0 Å². The molecule has 0 radical (unpaired) electrons. The molecule has 1 aliphatic heterocycles. The summed E-state index contributed by atoms with van der Waals surface area (Å²) >= 11 is 0. The van der Waals surface area contributed by atoms with Crippen LogP contribution in [0.25, 0.3) is 0 Å². The van der Waals surface area contributed by atoms with Gasteiger partial charge in [0.05, 0.1) is 6.61 Å². The molecule has 0 saturated carbocycles. The van der Waals surface area contributed by atoms with E-state index in [0.29, 0.717) is 6.61 Å². The van der Waals surface area contributed by atoms with Crippen molar-refractivity contribution in [3.63, 3.8) is 0 Å². The zero-order valence-electron chi connectivity index (χ0n) is 3.76. The fraction of sp³-hybridized carbons (Fsp3) is 0.500. The Balaban J connectivity index is 2.40. The molecule has 0 aromatic rings. The number of rotatable bonds is 0. The smallest absolute Gasteiger partial charge is 0.310 e. The Bertz CT molecular complexity index is 86.9. The van der Waals surface area contributed by atoms with Crippen LogP contribution in [0.3, 0.4) is 0 Å². The molecule has 1 N–H and O–H groups in total. The number of aliphatic hydroxyl groups is 1. The lowest BCUT2D eigenvalue weighted by Crippen LogP contribution is -2.01. The molecule has 0 fully saturated rings. The zero-order chi connectivity index (χ0) is 5.11. The normalized spacial score (nSPS) is 20.3. The first-order valence-corrected chi connectivity index (χ1v) is 2.08. The van der Waals surface area contributed by atoms with Crippen LogP contribution in [0, 0.1) is 0 Å². The second-order valence-corrected chi connectivity index (χ2v) is 1.24. The minimum atomic E-state index is -0.133. The van der Waals surface area contributed by atoms with E-state index in [2.05, 4.69) is 9.78 Å². The predicted octanol–water partition coefficient (Wildman–Crippen LogP) is 0.738. The Morgan fingerprint density at radius 3 is 2.86 bits per heavy atom. The van der Waals surface area contributed by atoms with Gasteiger partial charge in [-0.05, 0) is 0 Å². The van der Waals surface area contributed by atoms with Gasteiger partial charge in [-0.25, -0.2) is 0 Å². The molecule has 0 atom stereocenters. The molecule has 0 aromatic heterocycles. The van der Waals surface area contributed by atoms with Crippen LogP contribution in [0.4, 0.5) is 0 Å². The summed E-state index contributed by atoms with van der Waals surface area (Å²) in [6, 6.07) is 0. The summed E-state index contributed by atoms with van der Waals surface area (Å²) in [5.74, 6) is -0.133. The minimum Gasteiger partial charge on any atom is -0.479 e. The maximum Gasteiger partial charge on any atom is 0.310 e. The molecule has 7 heavy (non-hydrogen) atoms. The molecular formula is C4H6O3. The van der Waals surface area contributed by atoms with E-state index in [1.807, 2.05) is 0 Å². The quantitative estimate of drug-likeness (QED) is 0.458. The number of hydrogen-bond acceptors (Lipinski definition) is 3. The average Bonchev–Trinajstić information content (AvgIpc) is 1.69. The SMILES string of the molecule is OC1=CCCOO1. The highest BCUT2D eigenvalue weighted by Gasteiger charge is 1.99. The molecule has 0 spiro atoms. The topological polar surface area (TPSA) is 38.7 Å². The minimum absolute atomic E-state index is 0.133. The van der Waals surface area contributed by atoms with E-state index in [-0.39, 0.29) is 5.95 Å². The lowest BCUT2D eigenvalue weighted by molar-refractivity contribution is -0.294. The second kappa shape index (κ2) is 1.84. The predicted molar refractivity (Wildman–Crippen MR) is 22.4 cm³/mol. The first-order chi connectivity index (χ1) is 3.39. The van der Waals surface area contributed by atoms with Crippen molar-refractivity contribution in [2.24, 2.45) is 0 Å². The van der Waals surface area contributed by atoms with Crippen molar-refractivity contribution < 1.29 is 14.9 Å². The molecule has 0 bridgehead atoms. The summed E-state index contributed by atoms with van der Waals surface area (Å²) in [5.41, 5.74) is 0. The van der Waals surface area contributed by atoms with Crippen LogP contribution in [0.2, 0.25) is 0 Å². The number of hydrogen-bond donors (Lipinski definition) is 1. The third-order valence-corrected chi connectivity index (χ3v) is 0.664.